The standard InChI is InChI=1S/C27H21FN4O2S2/c1-16-24-25(17-10-12-19(13-11-17)34-14-18-6-2-3-7-20(18)28)35-15-23(33)30-26(24)32(31-16)27-29-21-8-4-5-9-22(21)36-27/h2-13,25H,14-15H2,1H3,(H,30,33). The van der Waals surface area contributed by atoms with Crippen LogP contribution in [0.3, 0.4) is 0 Å². The highest BCUT2D eigenvalue weighted by molar-refractivity contribution is 8.00. The van der Waals surface area contributed by atoms with Crippen molar-refractivity contribution in [3.05, 3.63) is 101 Å². The van der Waals surface area contributed by atoms with Gasteiger partial charge < -0.3 is 10.1 Å². The van der Waals surface area contributed by atoms with Crippen molar-refractivity contribution in [2.75, 3.05) is 11.1 Å². The molecule has 1 atom stereocenters. The molecule has 0 fully saturated rings. The molecule has 0 radical (unpaired) electrons. The van der Waals surface area contributed by atoms with E-state index in [1.54, 1.807) is 34.6 Å². The Kier molecular flexibility index (Phi) is 5.94. The number of fused-ring (bicyclic) bond motifs is 2. The molecule has 180 valence electrons. The van der Waals surface area contributed by atoms with Crippen LogP contribution in [0.1, 0.15) is 27.6 Å². The van der Waals surface area contributed by atoms with Gasteiger partial charge in [-0.05, 0) is 42.8 Å². The van der Waals surface area contributed by atoms with Crippen LogP contribution in [0.25, 0.3) is 15.3 Å². The fourth-order valence-electron chi connectivity index (χ4n) is 4.25. The van der Waals surface area contributed by atoms with E-state index in [-0.39, 0.29) is 23.6 Å². The summed E-state index contributed by atoms with van der Waals surface area (Å²) in [6, 6.07) is 22.3. The van der Waals surface area contributed by atoms with Gasteiger partial charge in [-0.25, -0.2) is 9.37 Å². The van der Waals surface area contributed by atoms with Crippen LogP contribution in [0.15, 0.2) is 72.8 Å². The molecule has 0 saturated carbocycles. The number of para-hydroxylation sites is 1. The minimum Gasteiger partial charge on any atom is -0.489 e. The fraction of sp³-hybridized carbons (Fsp3) is 0.148. The number of rotatable bonds is 5. The molecule has 1 N–H and O–H groups in total. The highest BCUT2D eigenvalue weighted by Crippen LogP contribution is 2.44. The van der Waals surface area contributed by atoms with Crippen molar-refractivity contribution in [2.24, 2.45) is 0 Å². The maximum atomic E-state index is 13.9. The van der Waals surface area contributed by atoms with E-state index in [0.29, 0.717) is 28.0 Å². The topological polar surface area (TPSA) is 69.0 Å². The molecular weight excluding hydrogens is 495 g/mol. The Labute approximate surface area is 215 Å². The van der Waals surface area contributed by atoms with E-state index in [1.807, 2.05) is 55.5 Å². The van der Waals surface area contributed by atoms with Crippen molar-refractivity contribution in [1.29, 1.82) is 0 Å². The number of amides is 1. The average Bonchev–Trinajstić information content (AvgIpc) is 3.40. The van der Waals surface area contributed by atoms with Crippen molar-refractivity contribution in [1.82, 2.24) is 14.8 Å². The Morgan fingerprint density at radius 2 is 1.86 bits per heavy atom. The number of nitrogens with zero attached hydrogens (tertiary/aromatic N) is 3. The van der Waals surface area contributed by atoms with Gasteiger partial charge in [-0.15, -0.1) is 11.8 Å². The van der Waals surface area contributed by atoms with Crippen molar-refractivity contribution < 1.29 is 13.9 Å². The van der Waals surface area contributed by atoms with Crippen molar-refractivity contribution >= 4 is 45.0 Å². The molecule has 5 aromatic rings. The lowest BCUT2D eigenvalue weighted by molar-refractivity contribution is -0.113. The van der Waals surface area contributed by atoms with E-state index < -0.39 is 0 Å². The number of thiazole rings is 1. The summed E-state index contributed by atoms with van der Waals surface area (Å²) in [5.74, 6) is 1.28. The van der Waals surface area contributed by atoms with E-state index in [4.69, 9.17) is 14.8 Å². The number of benzene rings is 3. The van der Waals surface area contributed by atoms with Gasteiger partial charge in [0.1, 0.15) is 24.0 Å². The van der Waals surface area contributed by atoms with Gasteiger partial charge in [-0.2, -0.15) is 9.78 Å². The molecule has 3 heterocycles. The van der Waals surface area contributed by atoms with E-state index in [2.05, 4.69) is 5.32 Å². The van der Waals surface area contributed by atoms with Crippen LogP contribution in [0.2, 0.25) is 0 Å². The summed E-state index contributed by atoms with van der Waals surface area (Å²) in [6.07, 6.45) is 0. The summed E-state index contributed by atoms with van der Waals surface area (Å²) < 4.78 is 22.5. The van der Waals surface area contributed by atoms with Gasteiger partial charge in [0.2, 0.25) is 11.0 Å². The lowest BCUT2D eigenvalue weighted by Crippen LogP contribution is -2.15. The first-order chi connectivity index (χ1) is 17.6. The summed E-state index contributed by atoms with van der Waals surface area (Å²) in [5.41, 5.74) is 4.24. The second kappa shape index (κ2) is 9.40. The highest BCUT2D eigenvalue weighted by Gasteiger charge is 2.31. The number of thioether (sulfide) groups is 1. The van der Waals surface area contributed by atoms with Gasteiger partial charge in [0.25, 0.3) is 0 Å². The quantitative estimate of drug-likeness (QED) is 0.298. The maximum Gasteiger partial charge on any atom is 0.235 e. The van der Waals surface area contributed by atoms with Gasteiger partial charge in [0.05, 0.1) is 26.9 Å². The molecule has 1 aliphatic heterocycles. The predicted molar refractivity (Wildman–Crippen MR) is 142 cm³/mol. The normalized spacial score (nSPS) is 15.4. The Bertz CT molecular complexity index is 1550. The number of halogens is 1. The van der Waals surface area contributed by atoms with Gasteiger partial charge in [-0.1, -0.05) is 53.8 Å². The number of hydrogen-bond donors (Lipinski definition) is 1. The number of carbonyl (C=O) groups is 1. The molecule has 6 rings (SSSR count). The largest absolute Gasteiger partial charge is 0.489 e. The molecule has 0 aliphatic carbocycles. The zero-order valence-corrected chi connectivity index (χ0v) is 20.9. The minimum absolute atomic E-state index is 0.0733. The second-order valence-corrected chi connectivity index (χ2v) is 10.5. The lowest BCUT2D eigenvalue weighted by Gasteiger charge is -2.16. The minimum atomic E-state index is -0.283. The Morgan fingerprint density at radius 1 is 1.08 bits per heavy atom. The molecule has 3 aromatic carbocycles. The number of carbonyl (C=O) groups excluding carboxylic acids is 1. The van der Waals surface area contributed by atoms with E-state index >= 15 is 0 Å². The van der Waals surface area contributed by atoms with Gasteiger partial charge in [-0.3, -0.25) is 4.79 Å². The molecule has 0 bridgehead atoms. The third-order valence-electron chi connectivity index (χ3n) is 6.01. The number of aromatic nitrogens is 3. The third-order valence-corrected chi connectivity index (χ3v) is 8.29. The first-order valence-corrected chi connectivity index (χ1v) is 13.3. The summed E-state index contributed by atoms with van der Waals surface area (Å²) >= 11 is 3.10. The molecule has 1 unspecified atom stereocenters. The first kappa shape index (κ1) is 22.8. The summed E-state index contributed by atoms with van der Waals surface area (Å²) in [7, 11) is 0. The second-order valence-electron chi connectivity index (χ2n) is 8.41. The predicted octanol–water partition coefficient (Wildman–Crippen LogP) is 6.28. The summed E-state index contributed by atoms with van der Waals surface area (Å²) in [6.45, 7) is 2.11. The fourth-order valence-corrected chi connectivity index (χ4v) is 6.36. The van der Waals surface area contributed by atoms with Gasteiger partial charge in [0.15, 0.2) is 0 Å². The number of ether oxygens (including phenoxy) is 1. The van der Waals surface area contributed by atoms with Crippen molar-refractivity contribution in [3.63, 3.8) is 0 Å². The van der Waals surface area contributed by atoms with Crippen LogP contribution in [0, 0.1) is 12.7 Å². The van der Waals surface area contributed by atoms with Crippen molar-refractivity contribution in [2.45, 2.75) is 18.8 Å². The molecule has 0 saturated heterocycles. The molecular formula is C27H21FN4O2S2. The summed E-state index contributed by atoms with van der Waals surface area (Å²) in [4.78, 5) is 17.4. The average molecular weight is 517 g/mol. The smallest absolute Gasteiger partial charge is 0.235 e. The van der Waals surface area contributed by atoms with Crippen LogP contribution in [0.5, 0.6) is 5.75 Å². The van der Waals surface area contributed by atoms with E-state index in [9.17, 15) is 9.18 Å². The lowest BCUT2D eigenvalue weighted by atomic mass is 10.0. The Morgan fingerprint density at radius 3 is 2.67 bits per heavy atom. The maximum absolute atomic E-state index is 13.9. The number of hydrogen-bond acceptors (Lipinski definition) is 6. The zero-order chi connectivity index (χ0) is 24.6. The SMILES string of the molecule is Cc1nn(-c2nc3ccccc3s2)c2c1C(c1ccc(OCc3ccccc3F)cc1)SCC(=O)N2. The van der Waals surface area contributed by atoms with E-state index in [1.165, 1.54) is 17.4 Å². The summed E-state index contributed by atoms with van der Waals surface area (Å²) in [5, 5.41) is 8.45. The van der Waals surface area contributed by atoms with Crippen LogP contribution in [-0.2, 0) is 11.4 Å². The molecule has 6 nitrogen and oxygen atoms in total. The van der Waals surface area contributed by atoms with E-state index in [0.717, 1.165) is 27.0 Å². The molecule has 36 heavy (non-hydrogen) atoms. The van der Waals surface area contributed by atoms with Crippen LogP contribution in [-0.4, -0.2) is 26.4 Å². The molecule has 0 spiro atoms. The number of nitrogens with one attached hydrogen (secondary N) is 1. The molecule has 9 heteroatoms. The van der Waals surface area contributed by atoms with Crippen LogP contribution >= 0.6 is 23.1 Å². The molecule has 1 amide bonds. The first-order valence-electron chi connectivity index (χ1n) is 11.4. The van der Waals surface area contributed by atoms with Gasteiger partial charge in [0, 0.05) is 11.1 Å². The number of anilines is 1. The highest BCUT2D eigenvalue weighted by atomic mass is 32.2. The zero-order valence-electron chi connectivity index (χ0n) is 19.3. The Hall–Kier alpha value is -3.69. The van der Waals surface area contributed by atoms with Crippen molar-refractivity contribution in [3.8, 4) is 10.9 Å². The van der Waals surface area contributed by atoms with Crippen LogP contribution in [0.4, 0.5) is 10.2 Å². The van der Waals surface area contributed by atoms with Crippen LogP contribution < -0.4 is 10.1 Å². The molecule has 2 aromatic heterocycles. The molecule has 1 aliphatic rings. The third kappa shape index (κ3) is 4.25. The number of aryl methyl sites for hydroxylation is 1. The monoisotopic (exact) mass is 516 g/mol. The van der Waals surface area contributed by atoms with Gasteiger partial charge >= 0.3 is 0 Å². The Balaban J connectivity index is 1.32.